The van der Waals surface area contributed by atoms with Crippen molar-refractivity contribution < 1.29 is 22.8 Å². The molecule has 2 amide bonds. The predicted octanol–water partition coefficient (Wildman–Crippen LogP) is 3.48. The molecule has 0 atom stereocenters. The molecule has 25 heavy (non-hydrogen) atoms. The SMILES string of the molecule is O=C(Nc1ccc(N2CCCC2=O)cc1)c1cccnc1C(F)(F)F. The average Bonchev–Trinajstić information content (AvgIpc) is 3.01. The Labute approximate surface area is 141 Å². The van der Waals surface area contributed by atoms with E-state index in [4.69, 9.17) is 0 Å². The van der Waals surface area contributed by atoms with Gasteiger partial charge in [-0.2, -0.15) is 13.2 Å². The summed E-state index contributed by atoms with van der Waals surface area (Å²) in [5.41, 5.74) is -0.754. The van der Waals surface area contributed by atoms with Gasteiger partial charge in [-0.1, -0.05) is 0 Å². The van der Waals surface area contributed by atoms with Crippen molar-refractivity contribution in [2.45, 2.75) is 19.0 Å². The lowest BCUT2D eigenvalue weighted by Crippen LogP contribution is -2.23. The van der Waals surface area contributed by atoms with Crippen LogP contribution in [0.15, 0.2) is 42.6 Å². The van der Waals surface area contributed by atoms with E-state index >= 15 is 0 Å². The molecule has 2 heterocycles. The van der Waals surface area contributed by atoms with Gasteiger partial charge in [0.15, 0.2) is 5.69 Å². The molecule has 3 rings (SSSR count). The largest absolute Gasteiger partial charge is 0.434 e. The smallest absolute Gasteiger partial charge is 0.322 e. The molecule has 0 saturated carbocycles. The van der Waals surface area contributed by atoms with E-state index in [1.54, 1.807) is 29.2 Å². The Kier molecular flexibility index (Phi) is 4.43. The van der Waals surface area contributed by atoms with E-state index in [1.807, 2.05) is 0 Å². The second-order valence-corrected chi connectivity index (χ2v) is 5.55. The Morgan fingerprint density at radius 2 is 1.88 bits per heavy atom. The van der Waals surface area contributed by atoms with E-state index in [1.165, 1.54) is 6.07 Å². The minimum absolute atomic E-state index is 0.0296. The number of carbonyl (C=O) groups excluding carboxylic acids is 2. The summed E-state index contributed by atoms with van der Waals surface area (Å²) in [6, 6.07) is 8.72. The maximum Gasteiger partial charge on any atom is 0.434 e. The van der Waals surface area contributed by atoms with Crippen LogP contribution in [0.3, 0.4) is 0 Å². The molecule has 1 aromatic heterocycles. The summed E-state index contributed by atoms with van der Waals surface area (Å²) in [6.07, 6.45) is -2.44. The lowest BCUT2D eigenvalue weighted by molar-refractivity contribution is -0.141. The van der Waals surface area contributed by atoms with Gasteiger partial charge in [0.05, 0.1) is 5.56 Å². The molecular weight excluding hydrogens is 335 g/mol. The number of aromatic nitrogens is 1. The molecule has 1 aliphatic rings. The lowest BCUT2D eigenvalue weighted by atomic mass is 10.1. The lowest BCUT2D eigenvalue weighted by Gasteiger charge is -2.16. The number of hydrogen-bond donors (Lipinski definition) is 1. The number of hydrogen-bond acceptors (Lipinski definition) is 3. The molecule has 5 nitrogen and oxygen atoms in total. The molecule has 0 unspecified atom stereocenters. The highest BCUT2D eigenvalue weighted by atomic mass is 19.4. The van der Waals surface area contributed by atoms with Crippen molar-refractivity contribution in [1.29, 1.82) is 0 Å². The van der Waals surface area contributed by atoms with Crippen LogP contribution >= 0.6 is 0 Å². The van der Waals surface area contributed by atoms with Gasteiger partial charge >= 0.3 is 6.18 Å². The molecule has 1 N–H and O–H groups in total. The molecule has 130 valence electrons. The van der Waals surface area contributed by atoms with Gasteiger partial charge in [-0.3, -0.25) is 14.6 Å². The van der Waals surface area contributed by atoms with E-state index in [9.17, 15) is 22.8 Å². The van der Waals surface area contributed by atoms with Crippen LogP contribution in [0, 0.1) is 0 Å². The fourth-order valence-electron chi connectivity index (χ4n) is 2.66. The number of nitrogens with one attached hydrogen (secondary N) is 1. The van der Waals surface area contributed by atoms with E-state index in [-0.39, 0.29) is 5.91 Å². The van der Waals surface area contributed by atoms with Crippen LogP contribution in [0.2, 0.25) is 0 Å². The Morgan fingerprint density at radius 3 is 2.48 bits per heavy atom. The number of benzene rings is 1. The summed E-state index contributed by atoms with van der Waals surface area (Å²) in [5.74, 6) is -0.868. The van der Waals surface area contributed by atoms with Crippen molar-refractivity contribution in [3.8, 4) is 0 Å². The van der Waals surface area contributed by atoms with Gasteiger partial charge in [0.25, 0.3) is 5.91 Å². The third kappa shape index (κ3) is 3.62. The first kappa shape index (κ1) is 16.9. The summed E-state index contributed by atoms with van der Waals surface area (Å²) in [7, 11) is 0. The first-order chi connectivity index (χ1) is 11.9. The zero-order chi connectivity index (χ0) is 18.0. The molecule has 0 spiro atoms. The normalized spacial score (nSPS) is 14.7. The number of alkyl halides is 3. The van der Waals surface area contributed by atoms with Crippen LogP contribution in [0.5, 0.6) is 0 Å². The van der Waals surface area contributed by atoms with Crippen molar-refractivity contribution in [2.75, 3.05) is 16.8 Å². The fraction of sp³-hybridized carbons (Fsp3) is 0.235. The molecule has 1 aliphatic heterocycles. The molecule has 8 heteroatoms. The van der Waals surface area contributed by atoms with Crippen LogP contribution in [0.25, 0.3) is 0 Å². The first-order valence-corrected chi connectivity index (χ1v) is 7.60. The molecule has 0 radical (unpaired) electrons. The van der Waals surface area contributed by atoms with Crippen LogP contribution in [0.1, 0.15) is 28.9 Å². The van der Waals surface area contributed by atoms with E-state index < -0.39 is 23.3 Å². The third-order valence-corrected chi connectivity index (χ3v) is 3.83. The minimum atomic E-state index is -4.71. The summed E-state index contributed by atoms with van der Waals surface area (Å²) in [6.45, 7) is 0.634. The molecule has 2 aromatic rings. The first-order valence-electron chi connectivity index (χ1n) is 7.60. The summed E-state index contributed by atoms with van der Waals surface area (Å²) >= 11 is 0. The molecule has 1 fully saturated rings. The van der Waals surface area contributed by atoms with Crippen molar-refractivity contribution >= 4 is 23.2 Å². The predicted molar refractivity (Wildman–Crippen MR) is 85.2 cm³/mol. The highest BCUT2D eigenvalue weighted by molar-refractivity contribution is 6.05. The maximum absolute atomic E-state index is 12.9. The number of nitrogens with zero attached hydrogens (tertiary/aromatic N) is 2. The minimum Gasteiger partial charge on any atom is -0.322 e. The highest BCUT2D eigenvalue weighted by Crippen LogP contribution is 2.30. The van der Waals surface area contributed by atoms with E-state index in [0.717, 1.165) is 18.7 Å². The second-order valence-electron chi connectivity index (χ2n) is 5.55. The van der Waals surface area contributed by atoms with Gasteiger partial charge in [0.1, 0.15) is 0 Å². The molecule has 1 saturated heterocycles. The average molecular weight is 349 g/mol. The molecule has 1 aromatic carbocycles. The Hall–Kier alpha value is -2.90. The van der Waals surface area contributed by atoms with Crippen LogP contribution in [-0.4, -0.2) is 23.3 Å². The van der Waals surface area contributed by atoms with Gasteiger partial charge in [-0.15, -0.1) is 0 Å². The van der Waals surface area contributed by atoms with Crippen molar-refractivity contribution in [1.82, 2.24) is 4.98 Å². The number of carbonyl (C=O) groups is 2. The van der Waals surface area contributed by atoms with Gasteiger partial charge < -0.3 is 10.2 Å². The van der Waals surface area contributed by atoms with Crippen molar-refractivity contribution in [3.05, 3.63) is 53.9 Å². The van der Waals surface area contributed by atoms with Crippen LogP contribution < -0.4 is 10.2 Å². The number of anilines is 2. The molecule has 0 aliphatic carbocycles. The fourth-order valence-corrected chi connectivity index (χ4v) is 2.66. The van der Waals surface area contributed by atoms with Crippen molar-refractivity contribution in [2.24, 2.45) is 0 Å². The van der Waals surface area contributed by atoms with E-state index in [0.29, 0.717) is 24.3 Å². The number of halogens is 3. The Balaban J connectivity index is 1.77. The summed E-state index contributed by atoms with van der Waals surface area (Å²) in [4.78, 5) is 28.7. The molecule has 0 bridgehead atoms. The maximum atomic E-state index is 12.9. The van der Waals surface area contributed by atoms with Crippen LogP contribution in [-0.2, 0) is 11.0 Å². The summed E-state index contributed by atoms with van der Waals surface area (Å²) < 4.78 is 38.8. The quantitative estimate of drug-likeness (QED) is 0.923. The third-order valence-electron chi connectivity index (χ3n) is 3.83. The number of rotatable bonds is 3. The highest BCUT2D eigenvalue weighted by Gasteiger charge is 2.36. The zero-order valence-corrected chi connectivity index (χ0v) is 13.0. The van der Waals surface area contributed by atoms with Crippen molar-refractivity contribution in [3.63, 3.8) is 0 Å². The topological polar surface area (TPSA) is 62.3 Å². The standard InChI is InChI=1S/C17H14F3N3O2/c18-17(19,20)15-13(3-1-9-21-15)16(25)22-11-5-7-12(8-6-11)23-10-2-4-14(23)24/h1,3,5-9H,2,4,10H2,(H,22,25). The van der Waals surface area contributed by atoms with Gasteiger partial charge in [-0.05, 0) is 42.8 Å². The van der Waals surface area contributed by atoms with Gasteiger partial charge in [0, 0.05) is 30.5 Å². The summed E-state index contributed by atoms with van der Waals surface area (Å²) in [5, 5.41) is 2.42. The molecular formula is C17H14F3N3O2. The Morgan fingerprint density at radius 1 is 1.16 bits per heavy atom. The van der Waals surface area contributed by atoms with E-state index in [2.05, 4.69) is 10.3 Å². The second kappa shape index (κ2) is 6.54. The number of pyridine rings is 1. The number of amides is 2. The van der Waals surface area contributed by atoms with Gasteiger partial charge in [-0.25, -0.2) is 0 Å². The van der Waals surface area contributed by atoms with Crippen LogP contribution in [0.4, 0.5) is 24.5 Å². The monoisotopic (exact) mass is 349 g/mol. The van der Waals surface area contributed by atoms with Gasteiger partial charge in [0.2, 0.25) is 5.91 Å². The Bertz CT molecular complexity index is 804. The zero-order valence-electron chi connectivity index (χ0n) is 13.0.